The number of hydrogen-bond donors (Lipinski definition) is 1. The Labute approximate surface area is 126 Å². The van der Waals surface area contributed by atoms with Crippen LogP contribution in [0.2, 0.25) is 0 Å². The molecule has 1 aromatic rings. The van der Waals surface area contributed by atoms with Crippen molar-refractivity contribution in [2.45, 2.75) is 57.1 Å². The van der Waals surface area contributed by atoms with Gasteiger partial charge in [-0.25, -0.2) is 4.39 Å². The highest BCUT2D eigenvalue weighted by atomic mass is 19.1. The summed E-state index contributed by atoms with van der Waals surface area (Å²) < 4.78 is 12.9. The maximum atomic E-state index is 12.9. The van der Waals surface area contributed by atoms with E-state index in [9.17, 15) is 9.50 Å². The molecule has 21 heavy (non-hydrogen) atoms. The quantitative estimate of drug-likeness (QED) is 0.925. The zero-order valence-electron chi connectivity index (χ0n) is 12.5. The van der Waals surface area contributed by atoms with E-state index >= 15 is 0 Å². The molecule has 1 N–H and O–H groups in total. The second kappa shape index (κ2) is 6.84. The van der Waals surface area contributed by atoms with Crippen LogP contribution in [0.1, 0.15) is 56.7 Å². The molecule has 0 bridgehead atoms. The Morgan fingerprint density at radius 1 is 1.24 bits per heavy atom. The molecule has 2 aliphatic rings. The second-order valence-corrected chi connectivity index (χ2v) is 6.50. The summed E-state index contributed by atoms with van der Waals surface area (Å²) in [4.78, 5) is 6.55. The minimum atomic E-state index is -0.588. The molecule has 0 spiro atoms. The van der Waals surface area contributed by atoms with Gasteiger partial charge in [0.2, 0.25) is 0 Å². The predicted octanol–water partition coefficient (Wildman–Crippen LogP) is 3.30. The minimum absolute atomic E-state index is 0.355. The molecule has 3 atom stereocenters. The van der Waals surface area contributed by atoms with E-state index in [4.69, 9.17) is 0 Å². The average Bonchev–Trinajstić information content (AvgIpc) is 2.53. The molecule has 3 rings (SSSR count). The molecule has 3 nitrogen and oxygen atoms in total. The second-order valence-electron chi connectivity index (χ2n) is 6.50. The molecule has 1 aliphatic carbocycles. The van der Waals surface area contributed by atoms with E-state index in [0.29, 0.717) is 12.1 Å². The number of pyridine rings is 1. The van der Waals surface area contributed by atoms with Crippen molar-refractivity contribution in [3.8, 4) is 0 Å². The van der Waals surface area contributed by atoms with E-state index in [0.717, 1.165) is 25.0 Å². The third-order valence-electron chi connectivity index (χ3n) is 5.14. The van der Waals surface area contributed by atoms with Gasteiger partial charge in [0.05, 0.1) is 18.0 Å². The van der Waals surface area contributed by atoms with E-state index in [1.54, 1.807) is 6.07 Å². The van der Waals surface area contributed by atoms with Gasteiger partial charge in [0.15, 0.2) is 0 Å². The molecule has 2 heterocycles. The SMILES string of the molecule is OC(CCN1CCC[C@H]2CCCC[C@H]21)c1ccc(F)cn1. The molecule has 4 heteroatoms. The van der Waals surface area contributed by atoms with Gasteiger partial charge in [-0.2, -0.15) is 0 Å². The Hall–Kier alpha value is -1.00. The van der Waals surface area contributed by atoms with Crippen LogP contribution in [-0.4, -0.2) is 34.1 Å². The zero-order chi connectivity index (χ0) is 14.7. The summed E-state index contributed by atoms with van der Waals surface area (Å²) in [5.74, 6) is 0.514. The Bertz CT molecular complexity index is 449. The number of halogens is 1. The van der Waals surface area contributed by atoms with E-state index in [1.807, 2.05) is 0 Å². The number of likely N-dealkylation sites (tertiary alicyclic amines) is 1. The first-order chi connectivity index (χ1) is 10.2. The number of aliphatic hydroxyl groups excluding tert-OH is 1. The number of aromatic nitrogens is 1. The van der Waals surface area contributed by atoms with Crippen molar-refractivity contribution in [2.75, 3.05) is 13.1 Å². The minimum Gasteiger partial charge on any atom is -0.387 e. The van der Waals surface area contributed by atoms with Gasteiger partial charge in [-0.1, -0.05) is 12.8 Å². The smallest absolute Gasteiger partial charge is 0.141 e. The fourth-order valence-corrected chi connectivity index (χ4v) is 4.03. The van der Waals surface area contributed by atoms with Gasteiger partial charge < -0.3 is 10.0 Å². The Kier molecular flexibility index (Phi) is 4.86. The van der Waals surface area contributed by atoms with Gasteiger partial charge in [0.1, 0.15) is 5.82 Å². The highest BCUT2D eigenvalue weighted by Gasteiger charge is 2.33. The summed E-state index contributed by atoms with van der Waals surface area (Å²) in [7, 11) is 0. The van der Waals surface area contributed by atoms with Crippen LogP contribution >= 0.6 is 0 Å². The molecular weight excluding hydrogens is 267 g/mol. The largest absolute Gasteiger partial charge is 0.387 e. The average molecular weight is 292 g/mol. The normalized spacial score (nSPS) is 28.1. The monoisotopic (exact) mass is 292 g/mol. The lowest BCUT2D eigenvalue weighted by Gasteiger charge is -2.44. The Morgan fingerprint density at radius 2 is 2.05 bits per heavy atom. The molecule has 1 aromatic heterocycles. The maximum Gasteiger partial charge on any atom is 0.141 e. The van der Waals surface area contributed by atoms with Crippen LogP contribution < -0.4 is 0 Å². The highest BCUT2D eigenvalue weighted by Crippen LogP contribution is 2.35. The zero-order valence-corrected chi connectivity index (χ0v) is 12.5. The summed E-state index contributed by atoms with van der Waals surface area (Å²) in [5.41, 5.74) is 0.577. The van der Waals surface area contributed by atoms with Crippen molar-refractivity contribution in [2.24, 2.45) is 5.92 Å². The van der Waals surface area contributed by atoms with Gasteiger partial charge in [-0.05, 0) is 56.7 Å². The third kappa shape index (κ3) is 3.61. The van der Waals surface area contributed by atoms with E-state index in [1.165, 1.54) is 50.8 Å². The molecule has 2 fully saturated rings. The van der Waals surface area contributed by atoms with E-state index in [-0.39, 0.29) is 5.82 Å². The molecule has 1 unspecified atom stereocenters. The number of nitrogens with zero attached hydrogens (tertiary/aromatic N) is 2. The fraction of sp³-hybridized carbons (Fsp3) is 0.706. The summed E-state index contributed by atoms with van der Waals surface area (Å²) in [6, 6.07) is 3.67. The van der Waals surface area contributed by atoms with Crippen LogP contribution in [0.3, 0.4) is 0 Å². The lowest BCUT2D eigenvalue weighted by atomic mass is 9.78. The van der Waals surface area contributed by atoms with Crippen molar-refractivity contribution in [3.05, 3.63) is 29.8 Å². The first-order valence-electron chi connectivity index (χ1n) is 8.27. The summed E-state index contributed by atoms with van der Waals surface area (Å²) in [6.45, 7) is 2.08. The number of hydrogen-bond acceptors (Lipinski definition) is 3. The van der Waals surface area contributed by atoms with Gasteiger partial charge >= 0.3 is 0 Å². The molecule has 1 saturated carbocycles. The van der Waals surface area contributed by atoms with Crippen LogP contribution in [0, 0.1) is 11.7 Å². The molecule has 0 radical (unpaired) electrons. The van der Waals surface area contributed by atoms with Crippen LogP contribution in [0.25, 0.3) is 0 Å². The number of rotatable bonds is 4. The van der Waals surface area contributed by atoms with Gasteiger partial charge in [-0.15, -0.1) is 0 Å². The lowest BCUT2D eigenvalue weighted by molar-refractivity contribution is 0.0449. The van der Waals surface area contributed by atoms with Crippen LogP contribution in [0.5, 0.6) is 0 Å². The number of piperidine rings is 1. The third-order valence-corrected chi connectivity index (χ3v) is 5.14. The van der Waals surface area contributed by atoms with Crippen molar-refractivity contribution >= 4 is 0 Å². The Morgan fingerprint density at radius 3 is 2.86 bits per heavy atom. The first-order valence-corrected chi connectivity index (χ1v) is 8.27. The van der Waals surface area contributed by atoms with Crippen LogP contribution in [-0.2, 0) is 0 Å². The van der Waals surface area contributed by atoms with E-state index in [2.05, 4.69) is 9.88 Å². The molecule has 1 saturated heterocycles. The topological polar surface area (TPSA) is 36.4 Å². The van der Waals surface area contributed by atoms with Crippen molar-refractivity contribution in [3.63, 3.8) is 0 Å². The maximum absolute atomic E-state index is 12.9. The van der Waals surface area contributed by atoms with Crippen LogP contribution in [0.4, 0.5) is 4.39 Å². The van der Waals surface area contributed by atoms with Gasteiger partial charge in [0, 0.05) is 12.6 Å². The molecular formula is C17H25FN2O. The highest BCUT2D eigenvalue weighted by molar-refractivity contribution is 5.08. The first kappa shape index (κ1) is 14.9. The van der Waals surface area contributed by atoms with Crippen molar-refractivity contribution in [1.29, 1.82) is 0 Å². The molecule has 0 amide bonds. The summed E-state index contributed by atoms with van der Waals surface area (Å²) in [6.07, 6.45) is 9.36. The number of aliphatic hydroxyl groups is 1. The standard InChI is InChI=1S/C17H25FN2O/c18-14-7-8-15(19-12-14)17(21)9-11-20-10-3-5-13-4-1-2-6-16(13)20/h7-8,12-13,16-17,21H,1-6,9-11H2/t13-,16-,17?/m1/s1. The number of fused-ring (bicyclic) bond motifs is 1. The Balaban J connectivity index is 1.55. The molecule has 0 aromatic carbocycles. The predicted molar refractivity (Wildman–Crippen MR) is 80.3 cm³/mol. The van der Waals surface area contributed by atoms with Crippen molar-refractivity contribution < 1.29 is 9.50 Å². The summed E-state index contributed by atoms with van der Waals surface area (Å²) in [5, 5.41) is 10.2. The molecule has 116 valence electrons. The van der Waals surface area contributed by atoms with Gasteiger partial charge in [0.25, 0.3) is 0 Å². The van der Waals surface area contributed by atoms with Gasteiger partial charge in [-0.3, -0.25) is 4.98 Å². The summed E-state index contributed by atoms with van der Waals surface area (Å²) >= 11 is 0. The lowest BCUT2D eigenvalue weighted by Crippen LogP contribution is -2.47. The van der Waals surface area contributed by atoms with Crippen LogP contribution in [0.15, 0.2) is 18.3 Å². The van der Waals surface area contributed by atoms with E-state index < -0.39 is 6.10 Å². The van der Waals surface area contributed by atoms with Crippen molar-refractivity contribution in [1.82, 2.24) is 9.88 Å². The molecule has 1 aliphatic heterocycles. The fourth-order valence-electron chi connectivity index (χ4n) is 4.03.